The fraction of sp³-hybridized carbons (Fsp3) is 0.875. The molecule has 1 aliphatic heterocycles. The van der Waals surface area contributed by atoms with Crippen molar-refractivity contribution >= 4 is 12.0 Å². The number of carbonyl (C=O) groups excluding carboxylic acids is 1. The van der Waals surface area contributed by atoms with E-state index in [1.807, 2.05) is 6.92 Å². The molecule has 2 fully saturated rings. The van der Waals surface area contributed by atoms with Crippen LogP contribution in [0, 0.1) is 11.3 Å². The first-order chi connectivity index (χ1) is 9.98. The lowest BCUT2D eigenvalue weighted by Crippen LogP contribution is -2.46. The molecule has 2 unspecified atom stereocenters. The first-order valence-corrected chi connectivity index (χ1v) is 8.27. The van der Waals surface area contributed by atoms with E-state index in [1.165, 1.54) is 25.7 Å². The molecule has 0 radical (unpaired) electrons. The smallest absolute Gasteiger partial charge is 0.317 e. The number of rotatable bonds is 5. The van der Waals surface area contributed by atoms with Gasteiger partial charge in [-0.3, -0.25) is 4.79 Å². The van der Waals surface area contributed by atoms with E-state index >= 15 is 0 Å². The van der Waals surface area contributed by atoms with Crippen molar-refractivity contribution in [3.8, 4) is 0 Å². The van der Waals surface area contributed by atoms with Gasteiger partial charge < -0.3 is 15.3 Å². The molecule has 0 aromatic carbocycles. The molecule has 0 aromatic rings. The first-order valence-electron chi connectivity index (χ1n) is 8.27. The molecule has 21 heavy (non-hydrogen) atoms. The van der Waals surface area contributed by atoms with Crippen LogP contribution in [0.2, 0.25) is 0 Å². The van der Waals surface area contributed by atoms with Gasteiger partial charge in [-0.2, -0.15) is 0 Å². The number of nitrogens with zero attached hydrogens (tertiary/aromatic N) is 1. The highest BCUT2D eigenvalue weighted by molar-refractivity contribution is 5.79. The predicted octanol–water partition coefficient (Wildman–Crippen LogP) is 2.85. The summed E-state index contributed by atoms with van der Waals surface area (Å²) in [6.07, 6.45) is 6.94. The lowest BCUT2D eigenvalue weighted by molar-refractivity contribution is -0.148. The van der Waals surface area contributed by atoms with E-state index < -0.39 is 11.4 Å². The summed E-state index contributed by atoms with van der Waals surface area (Å²) >= 11 is 0. The Hall–Kier alpha value is -1.26. The average molecular weight is 296 g/mol. The summed E-state index contributed by atoms with van der Waals surface area (Å²) in [5.41, 5.74) is -0.733. The third-order valence-electron chi connectivity index (χ3n) is 5.28. The maximum absolute atomic E-state index is 12.3. The molecule has 120 valence electrons. The summed E-state index contributed by atoms with van der Waals surface area (Å²) in [5.74, 6) is -0.181. The lowest BCUT2D eigenvalue weighted by atomic mass is 9.83. The molecule has 0 spiro atoms. The van der Waals surface area contributed by atoms with Gasteiger partial charge in [0.1, 0.15) is 0 Å². The van der Waals surface area contributed by atoms with E-state index in [2.05, 4.69) is 12.2 Å². The van der Waals surface area contributed by atoms with E-state index in [4.69, 9.17) is 0 Å². The highest BCUT2D eigenvalue weighted by atomic mass is 16.4. The number of nitrogens with one attached hydrogen (secondary N) is 1. The molecule has 1 saturated heterocycles. The van der Waals surface area contributed by atoms with Crippen LogP contribution in [0.3, 0.4) is 0 Å². The van der Waals surface area contributed by atoms with Crippen molar-refractivity contribution < 1.29 is 14.7 Å². The SMILES string of the molecule is CCCC1(C(=O)O)CCN(C(=O)NC(C)C2CCCC2)C1. The second kappa shape index (κ2) is 6.67. The van der Waals surface area contributed by atoms with Crippen molar-refractivity contribution in [3.05, 3.63) is 0 Å². The molecule has 1 heterocycles. The minimum Gasteiger partial charge on any atom is -0.481 e. The Morgan fingerprint density at radius 2 is 2.05 bits per heavy atom. The van der Waals surface area contributed by atoms with E-state index in [-0.39, 0.29) is 12.1 Å². The van der Waals surface area contributed by atoms with E-state index in [9.17, 15) is 14.7 Å². The number of aliphatic carboxylic acids is 1. The minimum absolute atomic E-state index is 0.0892. The highest BCUT2D eigenvalue weighted by Crippen LogP contribution is 2.35. The Labute approximate surface area is 127 Å². The average Bonchev–Trinajstić information content (AvgIpc) is 3.09. The second-order valence-corrected chi connectivity index (χ2v) is 6.79. The summed E-state index contributed by atoms with van der Waals surface area (Å²) in [5, 5.41) is 12.6. The molecule has 2 rings (SSSR count). The van der Waals surface area contributed by atoms with Crippen LogP contribution in [-0.2, 0) is 4.79 Å². The number of hydrogen-bond donors (Lipinski definition) is 2. The second-order valence-electron chi connectivity index (χ2n) is 6.79. The van der Waals surface area contributed by atoms with Gasteiger partial charge in [0.15, 0.2) is 0 Å². The molecule has 2 N–H and O–H groups in total. The van der Waals surface area contributed by atoms with Crippen molar-refractivity contribution in [2.45, 2.75) is 64.8 Å². The quantitative estimate of drug-likeness (QED) is 0.819. The third-order valence-corrected chi connectivity index (χ3v) is 5.28. The Balaban J connectivity index is 1.90. The third kappa shape index (κ3) is 3.50. The zero-order chi connectivity index (χ0) is 15.5. The molecule has 2 amide bonds. The monoisotopic (exact) mass is 296 g/mol. The fourth-order valence-electron chi connectivity index (χ4n) is 3.87. The molecule has 0 aromatic heterocycles. The maximum atomic E-state index is 12.3. The molecule has 5 nitrogen and oxygen atoms in total. The Morgan fingerprint density at radius 1 is 1.38 bits per heavy atom. The van der Waals surface area contributed by atoms with Crippen molar-refractivity contribution in [1.82, 2.24) is 10.2 Å². The van der Waals surface area contributed by atoms with E-state index in [0.29, 0.717) is 31.8 Å². The van der Waals surface area contributed by atoms with Gasteiger partial charge in [0.25, 0.3) is 0 Å². The van der Waals surface area contributed by atoms with Crippen molar-refractivity contribution in [3.63, 3.8) is 0 Å². The fourth-order valence-corrected chi connectivity index (χ4v) is 3.87. The standard InChI is InChI=1S/C16H28N2O3/c1-3-8-16(14(19)20)9-10-18(11-16)15(21)17-12(2)13-6-4-5-7-13/h12-13H,3-11H2,1-2H3,(H,17,21)(H,19,20). The largest absolute Gasteiger partial charge is 0.481 e. The summed E-state index contributed by atoms with van der Waals surface area (Å²) < 4.78 is 0. The van der Waals surface area contributed by atoms with Gasteiger partial charge >= 0.3 is 12.0 Å². The molecule has 1 saturated carbocycles. The molecule has 0 bridgehead atoms. The maximum Gasteiger partial charge on any atom is 0.317 e. The molecular formula is C16H28N2O3. The van der Waals surface area contributed by atoms with Crippen LogP contribution < -0.4 is 5.32 Å². The first kappa shape index (κ1) is 16.1. The van der Waals surface area contributed by atoms with Gasteiger partial charge in [-0.15, -0.1) is 0 Å². The molecule has 2 atom stereocenters. The predicted molar refractivity (Wildman–Crippen MR) is 81.1 cm³/mol. The van der Waals surface area contributed by atoms with Gasteiger partial charge in [0.05, 0.1) is 5.41 Å². The summed E-state index contributed by atoms with van der Waals surface area (Å²) in [6.45, 7) is 4.96. The number of hydrogen-bond acceptors (Lipinski definition) is 2. The van der Waals surface area contributed by atoms with Gasteiger partial charge in [-0.1, -0.05) is 26.2 Å². The number of carboxylic acids is 1. The van der Waals surface area contributed by atoms with Gasteiger partial charge in [0, 0.05) is 19.1 Å². The van der Waals surface area contributed by atoms with Crippen LogP contribution in [0.25, 0.3) is 0 Å². The zero-order valence-corrected chi connectivity index (χ0v) is 13.2. The summed E-state index contributed by atoms with van der Waals surface area (Å²) in [7, 11) is 0. The van der Waals surface area contributed by atoms with Crippen molar-refractivity contribution in [1.29, 1.82) is 0 Å². The van der Waals surface area contributed by atoms with Crippen LogP contribution in [0.5, 0.6) is 0 Å². The topological polar surface area (TPSA) is 69.6 Å². The number of urea groups is 1. The summed E-state index contributed by atoms with van der Waals surface area (Å²) in [6, 6.07) is 0.0969. The Bertz CT molecular complexity index is 393. The normalized spacial score (nSPS) is 27.8. The molecule has 5 heteroatoms. The number of likely N-dealkylation sites (tertiary alicyclic amines) is 1. The van der Waals surface area contributed by atoms with Gasteiger partial charge in [-0.05, 0) is 38.5 Å². The van der Waals surface area contributed by atoms with Crippen molar-refractivity contribution in [2.75, 3.05) is 13.1 Å². The van der Waals surface area contributed by atoms with E-state index in [0.717, 1.165) is 6.42 Å². The zero-order valence-electron chi connectivity index (χ0n) is 13.2. The summed E-state index contributed by atoms with van der Waals surface area (Å²) in [4.78, 5) is 25.6. The van der Waals surface area contributed by atoms with Crippen molar-refractivity contribution in [2.24, 2.45) is 11.3 Å². The molecule has 2 aliphatic rings. The van der Waals surface area contributed by atoms with Gasteiger partial charge in [-0.25, -0.2) is 4.79 Å². The Morgan fingerprint density at radius 3 is 2.62 bits per heavy atom. The van der Waals surface area contributed by atoms with Crippen LogP contribution in [0.4, 0.5) is 4.79 Å². The minimum atomic E-state index is -0.761. The number of amides is 2. The lowest BCUT2D eigenvalue weighted by Gasteiger charge is -2.27. The van der Waals surface area contributed by atoms with E-state index in [1.54, 1.807) is 4.90 Å². The highest BCUT2D eigenvalue weighted by Gasteiger charge is 2.45. The Kier molecular flexibility index (Phi) is 5.12. The van der Waals surface area contributed by atoms with Crippen LogP contribution >= 0.6 is 0 Å². The van der Waals surface area contributed by atoms with Crippen LogP contribution in [-0.4, -0.2) is 41.1 Å². The molecule has 1 aliphatic carbocycles. The number of carboxylic acid groups (broad SMARTS) is 1. The number of carbonyl (C=O) groups is 2. The van der Waals surface area contributed by atoms with Crippen LogP contribution in [0.15, 0.2) is 0 Å². The van der Waals surface area contributed by atoms with Gasteiger partial charge in [0.2, 0.25) is 0 Å². The molecular weight excluding hydrogens is 268 g/mol. The van der Waals surface area contributed by atoms with Crippen LogP contribution in [0.1, 0.15) is 58.8 Å².